The maximum Gasteiger partial charge on any atom is 0.253 e. The highest BCUT2D eigenvalue weighted by molar-refractivity contribution is 6.06. The van der Waals surface area contributed by atoms with Crippen molar-refractivity contribution in [3.8, 4) is 0 Å². The zero-order valence-corrected chi connectivity index (χ0v) is 25.0. The smallest absolute Gasteiger partial charge is 0.253 e. The summed E-state index contributed by atoms with van der Waals surface area (Å²) < 4.78 is 6.89. The fourth-order valence-electron chi connectivity index (χ4n) is 7.67. The molecule has 3 amide bonds. The molecule has 2 bridgehead atoms. The number of unbranched alkanes of at least 4 members (excludes halogenated alkanes) is 2. The molecule has 3 aliphatic rings. The first-order valence-corrected chi connectivity index (χ1v) is 15.0. The van der Waals surface area contributed by atoms with Crippen molar-refractivity contribution in [3.63, 3.8) is 0 Å². The molecule has 0 saturated carbocycles. The van der Waals surface area contributed by atoms with Crippen molar-refractivity contribution in [2.45, 2.75) is 56.8 Å². The van der Waals surface area contributed by atoms with E-state index in [9.17, 15) is 19.5 Å². The number of rotatable bonds is 12. The van der Waals surface area contributed by atoms with Gasteiger partial charge >= 0.3 is 0 Å². The lowest BCUT2D eigenvalue weighted by molar-refractivity contribution is -0.150. The molecule has 8 nitrogen and oxygen atoms in total. The largest absolute Gasteiger partial charge is 0.396 e. The summed E-state index contributed by atoms with van der Waals surface area (Å²) in [6.45, 7) is 12.7. The molecule has 2 aromatic carbocycles. The fraction of sp³-hybridized carbons (Fsp3) is 0.500. The molecule has 3 unspecified atom stereocenters. The summed E-state index contributed by atoms with van der Waals surface area (Å²) in [5, 5.41) is 11.4. The van der Waals surface area contributed by atoms with Crippen LogP contribution in [-0.2, 0) is 19.1 Å². The standard InChI is InChI=1S/C34H43N3O5/c1-6-17-35(5)30(39)27-28-31(40)37(19-11-8-12-20-38)29(34(28)22-23(3)33(27,4)42-34)32(41)36(18-7-2)26-16-15-24-13-9-10-14-25(24)21-26/h6-7,9-10,13-16,21,23,27-29,38H,1-2,8,11-12,17-20,22H2,3-5H3/t23?,27-,28-,29?,33+,34?/m0/s1. The van der Waals surface area contributed by atoms with E-state index in [4.69, 9.17) is 4.74 Å². The third-order valence-electron chi connectivity index (χ3n) is 9.77. The average molecular weight is 574 g/mol. The van der Waals surface area contributed by atoms with Gasteiger partial charge in [0, 0.05) is 39.0 Å². The second-order valence-corrected chi connectivity index (χ2v) is 12.3. The molecule has 0 aromatic heterocycles. The third kappa shape index (κ3) is 4.65. The zero-order chi connectivity index (χ0) is 30.2. The minimum absolute atomic E-state index is 0.0363. The van der Waals surface area contributed by atoms with Crippen molar-refractivity contribution >= 4 is 34.2 Å². The second kappa shape index (κ2) is 11.7. The fourth-order valence-corrected chi connectivity index (χ4v) is 7.67. The van der Waals surface area contributed by atoms with Crippen LogP contribution in [0.2, 0.25) is 0 Å². The van der Waals surface area contributed by atoms with Gasteiger partial charge in [0.05, 0.1) is 17.4 Å². The number of aliphatic hydroxyl groups is 1. The van der Waals surface area contributed by atoms with Crippen LogP contribution < -0.4 is 4.90 Å². The van der Waals surface area contributed by atoms with Gasteiger partial charge in [-0.3, -0.25) is 14.4 Å². The van der Waals surface area contributed by atoms with Crippen LogP contribution in [0.15, 0.2) is 67.8 Å². The van der Waals surface area contributed by atoms with E-state index in [0.29, 0.717) is 32.4 Å². The van der Waals surface area contributed by atoms with Crippen molar-refractivity contribution in [2.24, 2.45) is 17.8 Å². The molecular formula is C34H43N3O5. The lowest BCUT2D eigenvalue weighted by Crippen LogP contribution is -2.57. The van der Waals surface area contributed by atoms with Crippen LogP contribution in [0.1, 0.15) is 39.5 Å². The maximum atomic E-state index is 14.8. The van der Waals surface area contributed by atoms with Gasteiger partial charge in [0.25, 0.3) is 5.91 Å². The highest BCUT2D eigenvalue weighted by Gasteiger charge is 2.80. The zero-order valence-electron chi connectivity index (χ0n) is 25.0. The van der Waals surface area contributed by atoms with Gasteiger partial charge in [0.1, 0.15) is 11.6 Å². The molecule has 1 N–H and O–H groups in total. The molecule has 5 rings (SSSR count). The summed E-state index contributed by atoms with van der Waals surface area (Å²) in [6, 6.07) is 13.0. The topological polar surface area (TPSA) is 90.4 Å². The Morgan fingerprint density at radius 1 is 1.07 bits per heavy atom. The summed E-state index contributed by atoms with van der Waals surface area (Å²) in [5.74, 6) is -2.08. The van der Waals surface area contributed by atoms with E-state index in [1.54, 1.807) is 33.9 Å². The summed E-state index contributed by atoms with van der Waals surface area (Å²) in [7, 11) is 1.72. The maximum absolute atomic E-state index is 14.8. The van der Waals surface area contributed by atoms with Crippen LogP contribution >= 0.6 is 0 Å². The summed E-state index contributed by atoms with van der Waals surface area (Å²) in [5.41, 5.74) is -1.28. The first-order valence-electron chi connectivity index (χ1n) is 15.0. The Balaban J connectivity index is 1.59. The van der Waals surface area contributed by atoms with Crippen molar-refractivity contribution in [2.75, 3.05) is 38.2 Å². The number of carbonyl (C=O) groups is 3. The molecule has 224 valence electrons. The van der Waals surface area contributed by atoms with Gasteiger partial charge < -0.3 is 24.5 Å². The van der Waals surface area contributed by atoms with Gasteiger partial charge in [0.2, 0.25) is 11.8 Å². The molecule has 1 spiro atoms. The Morgan fingerprint density at radius 2 is 1.79 bits per heavy atom. The minimum atomic E-state index is -1.12. The lowest BCUT2D eigenvalue weighted by atomic mass is 9.62. The number of amides is 3. The predicted molar refractivity (Wildman–Crippen MR) is 164 cm³/mol. The number of nitrogens with zero attached hydrogens (tertiary/aromatic N) is 3. The number of likely N-dealkylation sites (tertiary alicyclic amines) is 1. The molecular weight excluding hydrogens is 530 g/mol. The molecule has 2 aromatic rings. The SMILES string of the molecule is C=CCN(C)C(=O)[C@@H]1[C@H]2C(=O)N(CCCCCO)C(C(=O)N(CC=C)c3ccc4ccccc4c3)C23CC(C)[C@@]1(C)O3. The summed E-state index contributed by atoms with van der Waals surface area (Å²) in [4.78, 5) is 48.1. The Labute approximate surface area is 248 Å². The quantitative estimate of drug-likeness (QED) is 0.304. The van der Waals surface area contributed by atoms with E-state index in [2.05, 4.69) is 20.1 Å². The Kier molecular flexibility index (Phi) is 8.32. The first kappa shape index (κ1) is 30.0. The van der Waals surface area contributed by atoms with E-state index in [1.807, 2.05) is 49.4 Å². The number of aliphatic hydroxyl groups excluding tert-OH is 1. The van der Waals surface area contributed by atoms with E-state index in [0.717, 1.165) is 22.9 Å². The predicted octanol–water partition coefficient (Wildman–Crippen LogP) is 4.18. The number of hydrogen-bond donors (Lipinski definition) is 1. The van der Waals surface area contributed by atoms with E-state index in [1.165, 1.54) is 0 Å². The second-order valence-electron chi connectivity index (χ2n) is 12.3. The minimum Gasteiger partial charge on any atom is -0.396 e. The highest BCUT2D eigenvalue weighted by atomic mass is 16.5. The molecule has 8 heteroatoms. The van der Waals surface area contributed by atoms with Crippen LogP contribution in [0.5, 0.6) is 0 Å². The number of hydrogen-bond acceptors (Lipinski definition) is 5. The van der Waals surface area contributed by atoms with Crippen molar-refractivity contribution < 1.29 is 24.2 Å². The van der Waals surface area contributed by atoms with E-state index in [-0.39, 0.29) is 36.8 Å². The molecule has 3 fully saturated rings. The summed E-state index contributed by atoms with van der Waals surface area (Å²) >= 11 is 0. The lowest BCUT2D eigenvalue weighted by Gasteiger charge is -2.38. The highest BCUT2D eigenvalue weighted by Crippen LogP contribution is 2.65. The van der Waals surface area contributed by atoms with Crippen LogP contribution in [0.25, 0.3) is 10.8 Å². The molecule has 0 radical (unpaired) electrons. The monoisotopic (exact) mass is 573 g/mol. The average Bonchev–Trinajstić information content (AvgIpc) is 3.49. The van der Waals surface area contributed by atoms with Gasteiger partial charge in [-0.25, -0.2) is 0 Å². The van der Waals surface area contributed by atoms with Crippen molar-refractivity contribution in [3.05, 3.63) is 67.8 Å². The third-order valence-corrected chi connectivity index (χ3v) is 9.77. The molecule has 42 heavy (non-hydrogen) atoms. The van der Waals surface area contributed by atoms with Gasteiger partial charge in [-0.15, -0.1) is 13.2 Å². The Hall–Kier alpha value is -3.49. The number of fused-ring (bicyclic) bond motifs is 2. The van der Waals surface area contributed by atoms with Gasteiger partial charge in [0.15, 0.2) is 0 Å². The van der Waals surface area contributed by atoms with Crippen LogP contribution in [-0.4, -0.2) is 83.2 Å². The van der Waals surface area contributed by atoms with Crippen LogP contribution in [0.3, 0.4) is 0 Å². The molecule has 3 saturated heterocycles. The normalized spacial score (nSPS) is 29.5. The summed E-state index contributed by atoms with van der Waals surface area (Å²) in [6.07, 6.45) is 5.85. The Morgan fingerprint density at radius 3 is 2.48 bits per heavy atom. The van der Waals surface area contributed by atoms with E-state index >= 15 is 0 Å². The first-order chi connectivity index (χ1) is 20.1. The Bertz CT molecular complexity index is 1390. The molecule has 3 aliphatic heterocycles. The molecule has 6 atom stereocenters. The van der Waals surface area contributed by atoms with Gasteiger partial charge in [-0.1, -0.05) is 49.4 Å². The molecule has 3 heterocycles. The van der Waals surface area contributed by atoms with E-state index < -0.39 is 29.1 Å². The van der Waals surface area contributed by atoms with Gasteiger partial charge in [-0.2, -0.15) is 0 Å². The van der Waals surface area contributed by atoms with Crippen LogP contribution in [0, 0.1) is 17.8 Å². The van der Waals surface area contributed by atoms with Gasteiger partial charge in [-0.05, 0) is 61.4 Å². The van der Waals surface area contributed by atoms with Crippen molar-refractivity contribution in [1.29, 1.82) is 0 Å². The number of likely N-dealkylation sites (N-methyl/N-ethyl adjacent to an activating group) is 1. The van der Waals surface area contributed by atoms with Crippen LogP contribution in [0.4, 0.5) is 5.69 Å². The number of benzene rings is 2. The number of carbonyl (C=O) groups excluding carboxylic acids is 3. The van der Waals surface area contributed by atoms with Crippen molar-refractivity contribution in [1.82, 2.24) is 9.80 Å². The number of anilines is 1. The molecule has 0 aliphatic carbocycles. The number of ether oxygens (including phenoxy) is 1.